The largest absolute Gasteiger partial charge is 0.494 e. The quantitative estimate of drug-likeness (QED) is 0.907. The fraction of sp³-hybridized carbons (Fsp3) is 0.167. The molecule has 1 N–H and O–H groups in total. The average molecular weight is 251 g/mol. The molecule has 0 spiro atoms. The molecule has 0 radical (unpaired) electrons. The van der Waals surface area contributed by atoms with Crippen LogP contribution in [0.2, 0.25) is 0 Å². The smallest absolute Gasteiger partial charge is 0.374 e. The molecule has 0 aliphatic carbocycles. The Labute approximate surface area is 102 Å². The summed E-state index contributed by atoms with van der Waals surface area (Å²) in [7, 11) is 1.35. The Balaban J connectivity index is 2.50. The van der Waals surface area contributed by atoms with Crippen molar-refractivity contribution in [2.45, 2.75) is 6.92 Å². The Bertz CT molecular complexity index is 606. The zero-order chi connectivity index (χ0) is 13.3. The van der Waals surface area contributed by atoms with Gasteiger partial charge in [-0.15, -0.1) is 0 Å². The van der Waals surface area contributed by atoms with Crippen molar-refractivity contribution in [2.75, 3.05) is 7.11 Å². The Morgan fingerprint density at radius 1 is 1.44 bits per heavy atom. The zero-order valence-electron chi connectivity index (χ0n) is 9.73. The van der Waals surface area contributed by atoms with Gasteiger partial charge >= 0.3 is 5.97 Å². The highest BCUT2D eigenvalue weighted by Gasteiger charge is 2.15. The summed E-state index contributed by atoms with van der Waals surface area (Å²) in [5, 5.41) is 12.3. The number of rotatable bonds is 3. The molecule has 2 rings (SSSR count). The summed E-state index contributed by atoms with van der Waals surface area (Å²) < 4.78 is 23.1. The second kappa shape index (κ2) is 4.48. The first-order valence-corrected chi connectivity index (χ1v) is 5.07. The van der Waals surface area contributed by atoms with E-state index in [0.29, 0.717) is 16.8 Å². The molecule has 0 saturated carbocycles. The van der Waals surface area contributed by atoms with Crippen molar-refractivity contribution in [3.8, 4) is 17.0 Å². The van der Waals surface area contributed by atoms with Crippen LogP contribution >= 0.6 is 0 Å². The number of carboxylic acid groups (broad SMARTS) is 1. The third kappa shape index (κ3) is 2.04. The molecule has 94 valence electrons. The number of halogens is 1. The SMILES string of the molecule is COc1cc(-c2cc(C(=O)O)on2)cc(C)c1F. The number of benzene rings is 1. The predicted molar refractivity (Wildman–Crippen MR) is 60.1 cm³/mol. The molecule has 0 fully saturated rings. The average Bonchev–Trinajstić information content (AvgIpc) is 2.82. The van der Waals surface area contributed by atoms with E-state index in [9.17, 15) is 9.18 Å². The van der Waals surface area contributed by atoms with Crippen LogP contribution in [0.15, 0.2) is 22.7 Å². The van der Waals surface area contributed by atoms with Gasteiger partial charge in [0.25, 0.3) is 0 Å². The summed E-state index contributed by atoms with van der Waals surface area (Å²) in [4.78, 5) is 10.7. The minimum absolute atomic E-state index is 0.0740. The molecule has 1 heterocycles. The molecule has 0 amide bonds. The number of carboxylic acids is 1. The minimum atomic E-state index is -1.21. The van der Waals surface area contributed by atoms with Gasteiger partial charge in [-0.1, -0.05) is 5.16 Å². The lowest BCUT2D eigenvalue weighted by Crippen LogP contribution is -1.93. The molecule has 1 aromatic heterocycles. The number of aromatic carboxylic acids is 1. The van der Waals surface area contributed by atoms with Crippen molar-refractivity contribution in [3.63, 3.8) is 0 Å². The van der Waals surface area contributed by atoms with Gasteiger partial charge in [0.15, 0.2) is 11.6 Å². The molecule has 18 heavy (non-hydrogen) atoms. The van der Waals surface area contributed by atoms with Crippen molar-refractivity contribution in [1.82, 2.24) is 5.16 Å². The zero-order valence-corrected chi connectivity index (χ0v) is 9.73. The number of methoxy groups -OCH3 is 1. The van der Waals surface area contributed by atoms with Gasteiger partial charge in [0.05, 0.1) is 7.11 Å². The van der Waals surface area contributed by atoms with Crippen LogP contribution < -0.4 is 4.74 Å². The number of aromatic nitrogens is 1. The van der Waals surface area contributed by atoms with E-state index >= 15 is 0 Å². The van der Waals surface area contributed by atoms with Gasteiger partial charge in [0.2, 0.25) is 5.76 Å². The van der Waals surface area contributed by atoms with Crippen LogP contribution in [0.5, 0.6) is 5.75 Å². The lowest BCUT2D eigenvalue weighted by molar-refractivity contribution is 0.0652. The molecule has 0 atom stereocenters. The maximum Gasteiger partial charge on any atom is 0.374 e. The molecule has 0 aliphatic rings. The number of nitrogens with zero attached hydrogens (tertiary/aromatic N) is 1. The lowest BCUT2D eigenvalue weighted by Gasteiger charge is -2.06. The van der Waals surface area contributed by atoms with E-state index in [4.69, 9.17) is 9.84 Å². The third-order valence-corrected chi connectivity index (χ3v) is 2.46. The van der Waals surface area contributed by atoms with Crippen LogP contribution in [0.4, 0.5) is 4.39 Å². The van der Waals surface area contributed by atoms with E-state index in [0.717, 1.165) is 0 Å². The van der Waals surface area contributed by atoms with Crippen LogP contribution in [0.25, 0.3) is 11.3 Å². The van der Waals surface area contributed by atoms with E-state index in [2.05, 4.69) is 9.68 Å². The van der Waals surface area contributed by atoms with Crippen LogP contribution in [-0.4, -0.2) is 23.3 Å². The first-order chi connectivity index (χ1) is 8.52. The van der Waals surface area contributed by atoms with Crippen LogP contribution in [0.3, 0.4) is 0 Å². The van der Waals surface area contributed by atoms with E-state index in [1.54, 1.807) is 13.0 Å². The summed E-state index contributed by atoms with van der Waals surface area (Å²) in [5.41, 5.74) is 1.22. The fourth-order valence-corrected chi connectivity index (χ4v) is 1.55. The molecule has 0 saturated heterocycles. The van der Waals surface area contributed by atoms with Gasteiger partial charge in [0, 0.05) is 11.6 Å². The summed E-state index contributed by atoms with van der Waals surface area (Å²) in [6.45, 7) is 1.58. The second-order valence-electron chi connectivity index (χ2n) is 3.69. The van der Waals surface area contributed by atoms with E-state index in [-0.39, 0.29) is 11.5 Å². The van der Waals surface area contributed by atoms with Crippen molar-refractivity contribution in [3.05, 3.63) is 35.3 Å². The van der Waals surface area contributed by atoms with E-state index in [1.807, 2.05) is 0 Å². The normalized spacial score (nSPS) is 10.4. The lowest BCUT2D eigenvalue weighted by atomic mass is 10.1. The highest BCUT2D eigenvalue weighted by molar-refractivity contribution is 5.85. The van der Waals surface area contributed by atoms with Crippen molar-refractivity contribution in [1.29, 1.82) is 0 Å². The highest BCUT2D eigenvalue weighted by Crippen LogP contribution is 2.28. The Hall–Kier alpha value is -2.37. The number of hydrogen-bond donors (Lipinski definition) is 1. The Morgan fingerprint density at radius 3 is 2.72 bits per heavy atom. The van der Waals surface area contributed by atoms with Crippen molar-refractivity contribution < 1.29 is 23.6 Å². The Morgan fingerprint density at radius 2 is 2.17 bits per heavy atom. The Kier molecular flexibility index (Phi) is 3.01. The topological polar surface area (TPSA) is 72.6 Å². The summed E-state index contributed by atoms with van der Waals surface area (Å²) >= 11 is 0. The molecule has 0 unspecified atom stereocenters. The van der Waals surface area contributed by atoms with Crippen LogP contribution in [0.1, 0.15) is 16.1 Å². The maximum atomic E-state index is 13.6. The number of ether oxygens (including phenoxy) is 1. The highest BCUT2D eigenvalue weighted by atomic mass is 19.1. The molecule has 6 heteroatoms. The van der Waals surface area contributed by atoms with Gasteiger partial charge < -0.3 is 14.4 Å². The molecule has 2 aromatic rings. The fourth-order valence-electron chi connectivity index (χ4n) is 1.55. The molecular weight excluding hydrogens is 241 g/mol. The minimum Gasteiger partial charge on any atom is -0.494 e. The maximum absolute atomic E-state index is 13.6. The first-order valence-electron chi connectivity index (χ1n) is 5.07. The summed E-state index contributed by atoms with van der Waals surface area (Å²) in [5.74, 6) is -1.86. The molecule has 5 nitrogen and oxygen atoms in total. The number of aryl methyl sites for hydroxylation is 1. The monoisotopic (exact) mass is 251 g/mol. The van der Waals surface area contributed by atoms with Gasteiger partial charge in [0.1, 0.15) is 5.69 Å². The van der Waals surface area contributed by atoms with Crippen LogP contribution in [0, 0.1) is 12.7 Å². The molecule has 1 aromatic carbocycles. The van der Waals surface area contributed by atoms with Crippen LogP contribution in [-0.2, 0) is 0 Å². The third-order valence-electron chi connectivity index (χ3n) is 2.46. The molecule has 0 bridgehead atoms. The molecular formula is C12H10FNO4. The van der Waals surface area contributed by atoms with Crippen molar-refractivity contribution in [2.24, 2.45) is 0 Å². The standard InChI is InChI=1S/C12H10FNO4/c1-6-3-7(4-9(17-2)11(6)13)8-5-10(12(15)16)18-14-8/h3-5H,1-2H3,(H,15,16). The number of carbonyl (C=O) groups is 1. The molecule has 0 aliphatic heterocycles. The predicted octanol–water partition coefficient (Wildman–Crippen LogP) is 2.50. The summed E-state index contributed by atoms with van der Waals surface area (Å²) in [6.07, 6.45) is 0. The summed E-state index contributed by atoms with van der Waals surface area (Å²) in [6, 6.07) is 4.25. The first kappa shape index (κ1) is 12.1. The van der Waals surface area contributed by atoms with Gasteiger partial charge in [-0.2, -0.15) is 0 Å². The van der Waals surface area contributed by atoms with E-state index < -0.39 is 11.8 Å². The van der Waals surface area contributed by atoms with Gasteiger partial charge in [-0.25, -0.2) is 9.18 Å². The second-order valence-corrected chi connectivity index (χ2v) is 3.69. The van der Waals surface area contributed by atoms with E-state index in [1.165, 1.54) is 19.2 Å². The van der Waals surface area contributed by atoms with Crippen molar-refractivity contribution >= 4 is 5.97 Å². The number of hydrogen-bond acceptors (Lipinski definition) is 4. The van der Waals surface area contributed by atoms with Gasteiger partial charge in [-0.05, 0) is 24.6 Å². The van der Waals surface area contributed by atoms with Gasteiger partial charge in [-0.3, -0.25) is 0 Å².